The van der Waals surface area contributed by atoms with E-state index in [2.05, 4.69) is 35.9 Å². The predicted octanol–water partition coefficient (Wildman–Crippen LogP) is 2.95. The van der Waals surface area contributed by atoms with Crippen molar-refractivity contribution in [2.24, 2.45) is 0 Å². The lowest BCUT2D eigenvalue weighted by atomic mass is 9.93. The van der Waals surface area contributed by atoms with Crippen LogP contribution in [0.2, 0.25) is 0 Å². The maximum Gasteiger partial charge on any atom is 0.158 e. The SMILES string of the molecule is Cc1cnc(-c2nccnc2[C@H]2CCCN(Cc3ccccn3)C2)[nH]1. The van der Waals surface area contributed by atoms with Gasteiger partial charge < -0.3 is 4.98 Å². The van der Waals surface area contributed by atoms with Gasteiger partial charge >= 0.3 is 0 Å². The van der Waals surface area contributed by atoms with E-state index in [1.54, 1.807) is 12.4 Å². The summed E-state index contributed by atoms with van der Waals surface area (Å²) in [6.07, 6.45) is 9.51. The van der Waals surface area contributed by atoms with Crippen LogP contribution in [0.25, 0.3) is 11.5 Å². The first-order valence-corrected chi connectivity index (χ1v) is 8.75. The van der Waals surface area contributed by atoms with Gasteiger partial charge in [0.25, 0.3) is 0 Å². The van der Waals surface area contributed by atoms with E-state index in [1.807, 2.05) is 31.5 Å². The number of H-pyrrole nitrogens is 1. The molecule has 4 rings (SSSR count). The van der Waals surface area contributed by atoms with Gasteiger partial charge in [0.1, 0.15) is 5.69 Å². The normalized spacial score (nSPS) is 18.4. The van der Waals surface area contributed by atoms with E-state index < -0.39 is 0 Å². The first kappa shape index (κ1) is 15.9. The van der Waals surface area contributed by atoms with Crippen LogP contribution in [0.3, 0.4) is 0 Å². The van der Waals surface area contributed by atoms with Gasteiger partial charge in [-0.2, -0.15) is 0 Å². The van der Waals surface area contributed by atoms with Crippen molar-refractivity contribution in [3.63, 3.8) is 0 Å². The molecule has 0 aliphatic carbocycles. The van der Waals surface area contributed by atoms with Gasteiger partial charge in [0.05, 0.1) is 11.4 Å². The highest BCUT2D eigenvalue weighted by Crippen LogP contribution is 2.31. The van der Waals surface area contributed by atoms with Crippen LogP contribution >= 0.6 is 0 Å². The number of likely N-dealkylation sites (tertiary alicyclic amines) is 1. The monoisotopic (exact) mass is 334 g/mol. The van der Waals surface area contributed by atoms with Crippen LogP contribution in [-0.2, 0) is 6.54 Å². The molecule has 1 atom stereocenters. The second-order valence-corrected chi connectivity index (χ2v) is 6.60. The van der Waals surface area contributed by atoms with E-state index in [1.165, 1.54) is 0 Å². The van der Waals surface area contributed by atoms with Crippen molar-refractivity contribution in [3.05, 3.63) is 60.1 Å². The minimum atomic E-state index is 0.367. The molecule has 0 radical (unpaired) electrons. The zero-order valence-corrected chi connectivity index (χ0v) is 14.4. The Balaban J connectivity index is 1.56. The van der Waals surface area contributed by atoms with Crippen molar-refractivity contribution in [2.45, 2.75) is 32.2 Å². The van der Waals surface area contributed by atoms with Gasteiger partial charge in [-0.15, -0.1) is 0 Å². The largest absolute Gasteiger partial charge is 0.341 e. The summed E-state index contributed by atoms with van der Waals surface area (Å²) < 4.78 is 0. The van der Waals surface area contributed by atoms with E-state index in [4.69, 9.17) is 0 Å². The lowest BCUT2D eigenvalue weighted by Crippen LogP contribution is -2.34. The molecule has 1 saturated heterocycles. The molecule has 1 N–H and O–H groups in total. The lowest BCUT2D eigenvalue weighted by Gasteiger charge is -2.32. The number of hydrogen-bond acceptors (Lipinski definition) is 5. The average molecular weight is 334 g/mol. The third-order valence-corrected chi connectivity index (χ3v) is 4.66. The van der Waals surface area contributed by atoms with Crippen LogP contribution in [0.1, 0.15) is 35.8 Å². The first-order chi connectivity index (χ1) is 12.3. The van der Waals surface area contributed by atoms with E-state index in [0.29, 0.717) is 5.92 Å². The third kappa shape index (κ3) is 3.58. The third-order valence-electron chi connectivity index (χ3n) is 4.66. The fraction of sp³-hybridized carbons (Fsp3) is 0.368. The van der Waals surface area contributed by atoms with Gasteiger partial charge in [-0.05, 0) is 38.4 Å². The van der Waals surface area contributed by atoms with Gasteiger partial charge in [-0.3, -0.25) is 14.9 Å². The van der Waals surface area contributed by atoms with Crippen LogP contribution in [-0.4, -0.2) is 42.9 Å². The van der Waals surface area contributed by atoms with Crippen LogP contribution in [0, 0.1) is 6.92 Å². The molecule has 1 aliphatic heterocycles. The van der Waals surface area contributed by atoms with Gasteiger partial charge in [-0.1, -0.05) is 6.07 Å². The van der Waals surface area contributed by atoms with Crippen molar-refractivity contribution < 1.29 is 0 Å². The summed E-state index contributed by atoms with van der Waals surface area (Å²) in [6.45, 7) is 4.96. The van der Waals surface area contributed by atoms with Gasteiger partial charge in [-0.25, -0.2) is 9.97 Å². The molecule has 25 heavy (non-hydrogen) atoms. The summed E-state index contributed by atoms with van der Waals surface area (Å²) in [5.74, 6) is 1.18. The highest BCUT2D eigenvalue weighted by molar-refractivity contribution is 5.53. The second kappa shape index (κ2) is 7.11. The summed E-state index contributed by atoms with van der Waals surface area (Å²) in [5, 5.41) is 0. The number of nitrogens with zero attached hydrogens (tertiary/aromatic N) is 5. The standard InChI is InChI=1S/C19H22N6/c1-14-11-23-19(24-14)18-17(21-8-9-22-18)15-5-4-10-25(12-15)13-16-6-2-3-7-20-16/h2-3,6-9,11,15H,4-5,10,12-13H2,1H3,(H,23,24)/t15-/m0/s1. The number of hydrogen-bond donors (Lipinski definition) is 1. The van der Waals surface area contributed by atoms with E-state index in [9.17, 15) is 0 Å². The molecule has 0 unspecified atom stereocenters. The van der Waals surface area contributed by atoms with Crippen molar-refractivity contribution >= 4 is 0 Å². The lowest BCUT2D eigenvalue weighted by molar-refractivity contribution is 0.196. The minimum Gasteiger partial charge on any atom is -0.341 e. The molecule has 0 amide bonds. The molecule has 3 aromatic rings. The molecule has 128 valence electrons. The first-order valence-electron chi connectivity index (χ1n) is 8.75. The van der Waals surface area contributed by atoms with E-state index in [0.717, 1.165) is 61.1 Å². The van der Waals surface area contributed by atoms with Crippen LogP contribution in [0.15, 0.2) is 43.0 Å². The number of rotatable bonds is 4. The number of nitrogens with one attached hydrogen (secondary N) is 1. The van der Waals surface area contributed by atoms with Gasteiger partial charge in [0.2, 0.25) is 0 Å². The number of imidazole rings is 1. The second-order valence-electron chi connectivity index (χ2n) is 6.60. The van der Waals surface area contributed by atoms with Gasteiger partial charge in [0, 0.05) is 49.5 Å². The highest BCUT2D eigenvalue weighted by atomic mass is 15.1. The van der Waals surface area contributed by atoms with E-state index in [-0.39, 0.29) is 0 Å². The summed E-state index contributed by atoms with van der Waals surface area (Å²) in [7, 11) is 0. The molecule has 0 spiro atoms. The number of aromatic amines is 1. The topological polar surface area (TPSA) is 70.6 Å². The molecular weight excluding hydrogens is 312 g/mol. The molecule has 0 bridgehead atoms. The van der Waals surface area contributed by atoms with Crippen LogP contribution < -0.4 is 0 Å². The highest BCUT2D eigenvalue weighted by Gasteiger charge is 2.26. The Morgan fingerprint density at radius 3 is 2.84 bits per heavy atom. The molecule has 6 heteroatoms. The molecule has 4 heterocycles. The zero-order chi connectivity index (χ0) is 17.1. The molecule has 3 aromatic heterocycles. The number of piperidine rings is 1. The van der Waals surface area contributed by atoms with Crippen molar-refractivity contribution in [3.8, 4) is 11.5 Å². The number of aryl methyl sites for hydroxylation is 1. The molecule has 1 fully saturated rings. The molecule has 1 aliphatic rings. The number of aromatic nitrogens is 5. The molecule has 6 nitrogen and oxygen atoms in total. The summed E-state index contributed by atoms with van der Waals surface area (Å²) in [5.41, 5.74) is 4.07. The minimum absolute atomic E-state index is 0.367. The Morgan fingerprint density at radius 2 is 2.04 bits per heavy atom. The Morgan fingerprint density at radius 1 is 1.12 bits per heavy atom. The Labute approximate surface area is 147 Å². The van der Waals surface area contributed by atoms with E-state index >= 15 is 0 Å². The van der Waals surface area contributed by atoms with Crippen LogP contribution in [0.4, 0.5) is 0 Å². The Hall–Kier alpha value is -2.60. The Kier molecular flexibility index (Phi) is 4.52. The summed E-state index contributed by atoms with van der Waals surface area (Å²) in [6, 6.07) is 6.09. The van der Waals surface area contributed by atoms with Crippen molar-refractivity contribution in [2.75, 3.05) is 13.1 Å². The molecule has 0 aromatic carbocycles. The fourth-order valence-electron chi connectivity index (χ4n) is 3.51. The maximum atomic E-state index is 4.66. The van der Waals surface area contributed by atoms with Crippen molar-refractivity contribution in [1.82, 2.24) is 29.8 Å². The van der Waals surface area contributed by atoms with Crippen LogP contribution in [0.5, 0.6) is 0 Å². The molecular formula is C19H22N6. The fourth-order valence-corrected chi connectivity index (χ4v) is 3.51. The zero-order valence-electron chi connectivity index (χ0n) is 14.4. The molecule has 0 saturated carbocycles. The van der Waals surface area contributed by atoms with Gasteiger partial charge in [0.15, 0.2) is 5.82 Å². The van der Waals surface area contributed by atoms with Crippen molar-refractivity contribution in [1.29, 1.82) is 0 Å². The quantitative estimate of drug-likeness (QED) is 0.794. The predicted molar refractivity (Wildman–Crippen MR) is 95.8 cm³/mol. The average Bonchev–Trinajstić information content (AvgIpc) is 3.09. The number of pyridine rings is 1. The maximum absolute atomic E-state index is 4.66. The summed E-state index contributed by atoms with van der Waals surface area (Å²) in [4.78, 5) is 23.9. The summed E-state index contributed by atoms with van der Waals surface area (Å²) >= 11 is 0. The smallest absolute Gasteiger partial charge is 0.158 e. The Bertz CT molecular complexity index is 829.